The molecule has 4 heteroatoms. The van der Waals surface area contributed by atoms with Gasteiger partial charge in [-0.15, -0.1) is 0 Å². The lowest BCUT2D eigenvalue weighted by Gasteiger charge is -2.07. The molecule has 0 bridgehead atoms. The second kappa shape index (κ2) is 5.41. The van der Waals surface area contributed by atoms with E-state index in [2.05, 4.69) is 11.1 Å². The first-order chi connectivity index (χ1) is 9.79. The summed E-state index contributed by atoms with van der Waals surface area (Å²) in [5.41, 5.74) is 4.42. The van der Waals surface area contributed by atoms with Crippen molar-refractivity contribution in [2.75, 3.05) is 0 Å². The van der Waals surface area contributed by atoms with E-state index in [0.717, 1.165) is 22.4 Å². The number of nitriles is 1. The molecule has 0 unspecified atom stereocenters. The van der Waals surface area contributed by atoms with Crippen molar-refractivity contribution in [3.8, 4) is 28.5 Å². The van der Waals surface area contributed by atoms with Crippen LogP contribution in [0.2, 0.25) is 0 Å². The van der Waals surface area contributed by atoms with E-state index >= 15 is 0 Å². The highest BCUT2D eigenvalue weighted by Gasteiger charge is 2.10. The lowest BCUT2D eigenvalue weighted by atomic mass is 10.0. The smallest absolute Gasteiger partial charge is 0.122 e. The number of thiophene rings is 1. The molecule has 20 heavy (non-hydrogen) atoms. The molecule has 0 fully saturated rings. The molecule has 2 aromatic heterocycles. The average Bonchev–Trinajstić information content (AvgIpc) is 3.01. The van der Waals surface area contributed by atoms with E-state index in [1.807, 2.05) is 53.2 Å². The van der Waals surface area contributed by atoms with Gasteiger partial charge in [-0.25, -0.2) is 0 Å². The van der Waals surface area contributed by atoms with E-state index in [9.17, 15) is 5.26 Å². The monoisotopic (exact) mass is 294 g/mol. The summed E-state index contributed by atoms with van der Waals surface area (Å²) in [5.74, 6) is 0. The molecule has 96 valence electrons. The average molecular weight is 294 g/mol. The third-order valence-corrected chi connectivity index (χ3v) is 4.05. The van der Waals surface area contributed by atoms with E-state index in [4.69, 9.17) is 12.2 Å². The van der Waals surface area contributed by atoms with Gasteiger partial charge in [0.1, 0.15) is 10.7 Å². The highest BCUT2D eigenvalue weighted by atomic mass is 32.1. The van der Waals surface area contributed by atoms with Crippen molar-refractivity contribution >= 4 is 23.6 Å². The summed E-state index contributed by atoms with van der Waals surface area (Å²) in [6, 6.07) is 16.2. The number of benzene rings is 1. The third-order valence-electron chi connectivity index (χ3n) is 3.06. The normalized spacial score (nSPS) is 10.2. The standard InChI is InChI=1S/C16H10N2S2/c17-9-14-13(12-6-7-20-10-12)8-15(18-16(14)19)11-4-2-1-3-5-11/h1-8,10H,(H,18,19). The second-order valence-corrected chi connectivity index (χ2v) is 5.48. The van der Waals surface area contributed by atoms with Gasteiger partial charge >= 0.3 is 0 Å². The van der Waals surface area contributed by atoms with Crippen LogP contribution in [0.15, 0.2) is 53.2 Å². The Kier molecular flexibility index (Phi) is 3.46. The molecule has 0 amide bonds. The van der Waals surface area contributed by atoms with E-state index in [0.29, 0.717) is 10.2 Å². The van der Waals surface area contributed by atoms with Crippen LogP contribution in [0.25, 0.3) is 22.4 Å². The molecular weight excluding hydrogens is 284 g/mol. The van der Waals surface area contributed by atoms with Crippen LogP contribution >= 0.6 is 23.6 Å². The molecule has 0 saturated carbocycles. The Morgan fingerprint density at radius 1 is 1.10 bits per heavy atom. The molecule has 0 atom stereocenters. The Morgan fingerprint density at radius 2 is 1.90 bits per heavy atom. The van der Waals surface area contributed by atoms with Crippen molar-refractivity contribution < 1.29 is 0 Å². The molecule has 0 saturated heterocycles. The van der Waals surface area contributed by atoms with Crippen molar-refractivity contribution in [3.63, 3.8) is 0 Å². The van der Waals surface area contributed by atoms with Crippen LogP contribution in [-0.4, -0.2) is 4.98 Å². The van der Waals surface area contributed by atoms with Gasteiger partial charge in [0.25, 0.3) is 0 Å². The predicted octanol–water partition coefficient (Wildman–Crippen LogP) is 5.01. The van der Waals surface area contributed by atoms with E-state index in [-0.39, 0.29) is 0 Å². The first-order valence-corrected chi connectivity index (χ1v) is 7.40. The third kappa shape index (κ3) is 2.29. The van der Waals surface area contributed by atoms with Crippen LogP contribution in [-0.2, 0) is 0 Å². The first-order valence-electron chi connectivity index (χ1n) is 6.05. The fraction of sp³-hybridized carbons (Fsp3) is 0. The summed E-state index contributed by atoms with van der Waals surface area (Å²) in [4.78, 5) is 3.14. The van der Waals surface area contributed by atoms with E-state index < -0.39 is 0 Å². The van der Waals surface area contributed by atoms with Gasteiger partial charge < -0.3 is 4.98 Å². The van der Waals surface area contributed by atoms with Crippen molar-refractivity contribution in [3.05, 3.63) is 63.4 Å². The first kappa shape index (κ1) is 12.8. The van der Waals surface area contributed by atoms with Crippen LogP contribution in [0.4, 0.5) is 0 Å². The van der Waals surface area contributed by atoms with Gasteiger partial charge in [0.05, 0.1) is 5.56 Å². The zero-order valence-electron chi connectivity index (χ0n) is 10.5. The van der Waals surface area contributed by atoms with Crippen molar-refractivity contribution in [2.45, 2.75) is 0 Å². The van der Waals surface area contributed by atoms with E-state index in [1.54, 1.807) is 11.3 Å². The number of pyridine rings is 1. The maximum absolute atomic E-state index is 9.33. The summed E-state index contributed by atoms with van der Waals surface area (Å²) >= 11 is 6.93. The molecule has 2 nitrogen and oxygen atoms in total. The van der Waals surface area contributed by atoms with Crippen LogP contribution in [0, 0.1) is 16.0 Å². The summed E-state index contributed by atoms with van der Waals surface area (Å²) in [6.45, 7) is 0. The lowest BCUT2D eigenvalue weighted by molar-refractivity contribution is 1.27. The Hall–Kier alpha value is -2.22. The zero-order chi connectivity index (χ0) is 13.9. The number of hydrogen-bond donors (Lipinski definition) is 1. The molecular formula is C16H10N2S2. The molecule has 2 heterocycles. The number of H-pyrrole nitrogens is 1. The van der Waals surface area contributed by atoms with Gasteiger partial charge in [-0.2, -0.15) is 16.6 Å². The van der Waals surface area contributed by atoms with Gasteiger partial charge in [0.15, 0.2) is 0 Å². The maximum atomic E-state index is 9.33. The van der Waals surface area contributed by atoms with Crippen LogP contribution in [0.5, 0.6) is 0 Å². The second-order valence-electron chi connectivity index (χ2n) is 4.29. The largest absolute Gasteiger partial charge is 0.345 e. The Bertz CT molecular complexity index is 825. The van der Waals surface area contributed by atoms with Crippen molar-refractivity contribution in [1.29, 1.82) is 5.26 Å². The number of nitrogens with one attached hydrogen (secondary N) is 1. The number of aromatic amines is 1. The van der Waals surface area contributed by atoms with Gasteiger partial charge in [0.2, 0.25) is 0 Å². The predicted molar refractivity (Wildman–Crippen MR) is 85.1 cm³/mol. The highest BCUT2D eigenvalue weighted by molar-refractivity contribution is 7.71. The van der Waals surface area contributed by atoms with Crippen LogP contribution < -0.4 is 0 Å². The minimum atomic E-state index is 0.482. The molecule has 0 aliphatic carbocycles. The highest BCUT2D eigenvalue weighted by Crippen LogP contribution is 2.29. The molecule has 1 N–H and O–H groups in total. The number of rotatable bonds is 2. The quantitative estimate of drug-likeness (QED) is 0.675. The molecule has 1 aromatic carbocycles. The Morgan fingerprint density at radius 3 is 2.55 bits per heavy atom. The summed E-state index contributed by atoms with van der Waals surface area (Å²) in [5, 5.41) is 13.4. The number of aromatic nitrogens is 1. The SMILES string of the molecule is N#Cc1c(-c2ccsc2)cc(-c2ccccc2)[nH]c1=S. The van der Waals surface area contributed by atoms with Gasteiger partial charge in [-0.1, -0.05) is 42.5 Å². The topological polar surface area (TPSA) is 39.6 Å². The van der Waals surface area contributed by atoms with Gasteiger partial charge in [0, 0.05) is 11.3 Å². The summed E-state index contributed by atoms with van der Waals surface area (Å²) in [7, 11) is 0. The van der Waals surface area contributed by atoms with Crippen LogP contribution in [0.1, 0.15) is 5.56 Å². The molecule has 3 aromatic rings. The minimum Gasteiger partial charge on any atom is -0.345 e. The molecule has 0 spiro atoms. The Labute approximate surface area is 126 Å². The Balaban J connectivity index is 2.27. The molecule has 0 aliphatic heterocycles. The molecule has 0 aliphatic rings. The van der Waals surface area contributed by atoms with Crippen molar-refractivity contribution in [2.24, 2.45) is 0 Å². The molecule has 3 rings (SSSR count). The maximum Gasteiger partial charge on any atom is 0.122 e. The number of nitrogens with zero attached hydrogens (tertiary/aromatic N) is 1. The summed E-state index contributed by atoms with van der Waals surface area (Å²) < 4.78 is 0.482. The lowest BCUT2D eigenvalue weighted by Crippen LogP contribution is -1.92. The van der Waals surface area contributed by atoms with Crippen molar-refractivity contribution in [1.82, 2.24) is 4.98 Å². The molecule has 0 radical (unpaired) electrons. The van der Waals surface area contributed by atoms with Crippen LogP contribution in [0.3, 0.4) is 0 Å². The fourth-order valence-electron chi connectivity index (χ4n) is 2.09. The summed E-state index contributed by atoms with van der Waals surface area (Å²) in [6.07, 6.45) is 0. The van der Waals surface area contributed by atoms with Gasteiger partial charge in [-0.05, 0) is 34.0 Å². The van der Waals surface area contributed by atoms with Gasteiger partial charge in [-0.3, -0.25) is 0 Å². The van der Waals surface area contributed by atoms with E-state index in [1.165, 1.54) is 0 Å². The number of hydrogen-bond acceptors (Lipinski definition) is 3. The zero-order valence-corrected chi connectivity index (χ0v) is 12.1. The fourth-order valence-corrected chi connectivity index (χ4v) is 3.01. The minimum absolute atomic E-state index is 0.482.